The van der Waals surface area contributed by atoms with Crippen LogP contribution < -0.4 is 10.5 Å². The molecule has 0 aliphatic carbocycles. The van der Waals surface area contributed by atoms with Gasteiger partial charge in [0.25, 0.3) is 0 Å². The van der Waals surface area contributed by atoms with Crippen molar-refractivity contribution in [1.82, 2.24) is 4.98 Å². The van der Waals surface area contributed by atoms with Crippen LogP contribution in [-0.2, 0) is 0 Å². The van der Waals surface area contributed by atoms with Gasteiger partial charge >= 0.3 is 0 Å². The maximum Gasteiger partial charge on any atom is 0.226 e. The Bertz CT molecular complexity index is 471. The van der Waals surface area contributed by atoms with Crippen molar-refractivity contribution >= 4 is 11.4 Å². The number of quaternary nitrogens is 2. The van der Waals surface area contributed by atoms with Gasteiger partial charge in [0.1, 0.15) is 6.26 Å². The van der Waals surface area contributed by atoms with Gasteiger partial charge in [0.05, 0.1) is 12.3 Å². The molecule has 8 heteroatoms. The van der Waals surface area contributed by atoms with Crippen LogP contribution >= 0.6 is 0 Å². The Hall–Kier alpha value is -1.81. The van der Waals surface area contributed by atoms with Crippen molar-refractivity contribution in [1.29, 1.82) is 0 Å². The molecule has 0 saturated heterocycles. The Balaban J connectivity index is 2.52. The zero-order valence-corrected chi connectivity index (χ0v) is 8.45. The molecule has 0 fully saturated rings. The molecule has 1 aromatic carbocycles. The zero-order chi connectivity index (χ0) is 12.4. The standard InChI is InChI=1S/C9H9N3O5/c13-11(14)7-3-6(9-10-1-2-17-9)4-8(5-7)12(15)16/h1-5,11-13,15H. The zero-order valence-electron chi connectivity index (χ0n) is 8.45. The molecule has 2 aromatic rings. The lowest BCUT2D eigenvalue weighted by Crippen LogP contribution is -3.00. The molecular weight excluding hydrogens is 230 g/mol. The number of rotatable bonds is 3. The van der Waals surface area contributed by atoms with E-state index in [1.54, 1.807) is 0 Å². The largest absolute Gasteiger partial charge is 0.595 e. The normalized spacial score (nSPS) is 14.6. The molecule has 2 atom stereocenters. The van der Waals surface area contributed by atoms with E-state index in [0.717, 1.165) is 6.07 Å². The topological polar surface area (TPSA) is 121 Å². The average Bonchev–Trinajstić information content (AvgIpc) is 2.81. The molecule has 90 valence electrons. The van der Waals surface area contributed by atoms with Gasteiger partial charge in [0, 0.05) is 17.7 Å². The molecule has 0 radical (unpaired) electrons. The van der Waals surface area contributed by atoms with Crippen molar-refractivity contribution in [3.63, 3.8) is 0 Å². The Morgan fingerprint density at radius 1 is 1.06 bits per heavy atom. The third kappa shape index (κ3) is 2.47. The number of hydrogen-bond donors (Lipinski definition) is 4. The number of oxazole rings is 1. The highest BCUT2D eigenvalue weighted by Gasteiger charge is 2.13. The van der Waals surface area contributed by atoms with E-state index < -0.39 is 10.5 Å². The fraction of sp³-hybridized carbons (Fsp3) is 0. The lowest BCUT2D eigenvalue weighted by Gasteiger charge is -2.16. The number of hydrogen-bond acceptors (Lipinski definition) is 6. The molecule has 4 N–H and O–H groups in total. The summed E-state index contributed by atoms with van der Waals surface area (Å²) in [6.45, 7) is 0. The first-order valence-corrected chi connectivity index (χ1v) is 4.59. The van der Waals surface area contributed by atoms with Crippen molar-refractivity contribution in [2.45, 2.75) is 0 Å². The Labute approximate surface area is 95.0 Å². The van der Waals surface area contributed by atoms with Gasteiger partial charge < -0.3 is 14.8 Å². The maximum absolute atomic E-state index is 10.9. The molecule has 1 heterocycles. The van der Waals surface area contributed by atoms with E-state index in [0.29, 0.717) is 5.56 Å². The van der Waals surface area contributed by atoms with Crippen LogP contribution in [-0.4, -0.2) is 15.4 Å². The van der Waals surface area contributed by atoms with Gasteiger partial charge in [-0.1, -0.05) is 0 Å². The van der Waals surface area contributed by atoms with Gasteiger partial charge in [-0.3, -0.25) is 0 Å². The van der Waals surface area contributed by atoms with Gasteiger partial charge in [-0.2, -0.15) is 10.5 Å². The van der Waals surface area contributed by atoms with Crippen molar-refractivity contribution in [3.05, 3.63) is 41.1 Å². The second-order valence-electron chi connectivity index (χ2n) is 3.25. The molecule has 0 bridgehead atoms. The smallest absolute Gasteiger partial charge is 0.226 e. The van der Waals surface area contributed by atoms with E-state index in [-0.39, 0.29) is 17.3 Å². The van der Waals surface area contributed by atoms with Crippen molar-refractivity contribution in [2.24, 2.45) is 0 Å². The molecule has 0 aliphatic rings. The highest BCUT2D eigenvalue weighted by molar-refractivity contribution is 5.62. The van der Waals surface area contributed by atoms with Gasteiger partial charge in [-0.05, 0) is 0 Å². The first kappa shape index (κ1) is 11.7. The van der Waals surface area contributed by atoms with Gasteiger partial charge in [-0.25, -0.2) is 15.4 Å². The summed E-state index contributed by atoms with van der Waals surface area (Å²) in [7, 11) is 0. The fourth-order valence-corrected chi connectivity index (χ4v) is 1.36. The first-order chi connectivity index (χ1) is 8.08. The highest BCUT2D eigenvalue weighted by atomic mass is 16.8. The molecule has 1 aromatic heterocycles. The highest BCUT2D eigenvalue weighted by Crippen LogP contribution is 2.22. The molecular formula is C9H9N3O5. The van der Waals surface area contributed by atoms with E-state index in [1.807, 2.05) is 0 Å². The van der Waals surface area contributed by atoms with Crippen LogP contribution in [0.2, 0.25) is 0 Å². The second kappa shape index (κ2) is 4.59. The SMILES string of the molecule is [O-][NH+](O)c1cc(-c2ncco2)cc([NH+]([O-])O)c1. The number of aromatic nitrogens is 1. The van der Waals surface area contributed by atoms with E-state index in [1.165, 1.54) is 24.6 Å². The summed E-state index contributed by atoms with van der Waals surface area (Å²) in [5.41, 5.74) is 0.0588. The Morgan fingerprint density at radius 2 is 1.65 bits per heavy atom. The predicted molar refractivity (Wildman–Crippen MR) is 53.5 cm³/mol. The average molecular weight is 239 g/mol. The fourth-order valence-electron chi connectivity index (χ4n) is 1.36. The van der Waals surface area contributed by atoms with Crippen molar-refractivity contribution in [3.8, 4) is 11.5 Å². The third-order valence-corrected chi connectivity index (χ3v) is 2.11. The summed E-state index contributed by atoms with van der Waals surface area (Å²) in [6, 6.07) is 3.69. The lowest BCUT2D eigenvalue weighted by molar-refractivity contribution is -0.996. The number of nitrogens with zero attached hydrogens (tertiary/aromatic N) is 1. The first-order valence-electron chi connectivity index (χ1n) is 4.59. The Morgan fingerprint density at radius 3 is 2.06 bits per heavy atom. The molecule has 0 saturated carbocycles. The minimum atomic E-state index is -1.21. The molecule has 0 aliphatic heterocycles. The molecule has 2 rings (SSSR count). The summed E-state index contributed by atoms with van der Waals surface area (Å²) < 4.78 is 4.99. The molecule has 0 spiro atoms. The molecule has 17 heavy (non-hydrogen) atoms. The van der Waals surface area contributed by atoms with Gasteiger partial charge in [-0.15, -0.1) is 0 Å². The molecule has 2 unspecified atom stereocenters. The van der Waals surface area contributed by atoms with E-state index in [2.05, 4.69) is 4.98 Å². The van der Waals surface area contributed by atoms with Gasteiger partial charge in [0.2, 0.25) is 5.89 Å². The van der Waals surface area contributed by atoms with Crippen LogP contribution in [0.4, 0.5) is 11.4 Å². The minimum Gasteiger partial charge on any atom is -0.595 e. The van der Waals surface area contributed by atoms with E-state index in [4.69, 9.17) is 14.8 Å². The number of benzene rings is 1. The van der Waals surface area contributed by atoms with Crippen LogP contribution in [0.15, 0.2) is 35.1 Å². The molecule has 8 nitrogen and oxygen atoms in total. The van der Waals surface area contributed by atoms with Crippen LogP contribution in [0.5, 0.6) is 0 Å². The van der Waals surface area contributed by atoms with Crippen LogP contribution in [0.1, 0.15) is 0 Å². The molecule has 0 amide bonds. The third-order valence-electron chi connectivity index (χ3n) is 2.11. The summed E-state index contributed by atoms with van der Waals surface area (Å²) >= 11 is 0. The van der Waals surface area contributed by atoms with Crippen LogP contribution in [0.3, 0.4) is 0 Å². The quantitative estimate of drug-likeness (QED) is 0.517. The second-order valence-corrected chi connectivity index (χ2v) is 3.25. The summed E-state index contributed by atoms with van der Waals surface area (Å²) in [5, 5.41) is 37.0. The summed E-state index contributed by atoms with van der Waals surface area (Å²) in [6.07, 6.45) is 2.71. The van der Waals surface area contributed by atoms with Crippen molar-refractivity contribution in [2.75, 3.05) is 0 Å². The minimum absolute atomic E-state index is 0.127. The lowest BCUT2D eigenvalue weighted by atomic mass is 10.1. The van der Waals surface area contributed by atoms with E-state index >= 15 is 0 Å². The van der Waals surface area contributed by atoms with Crippen LogP contribution in [0.25, 0.3) is 11.5 Å². The number of nitrogens with one attached hydrogen (secondary N) is 2. The summed E-state index contributed by atoms with van der Waals surface area (Å²) in [4.78, 5) is 3.83. The predicted octanol–water partition coefficient (Wildman–Crippen LogP) is -0.852. The van der Waals surface area contributed by atoms with Crippen molar-refractivity contribution < 1.29 is 25.3 Å². The van der Waals surface area contributed by atoms with Gasteiger partial charge in [0.15, 0.2) is 11.4 Å². The Kier molecular flexibility index (Phi) is 3.15. The van der Waals surface area contributed by atoms with E-state index in [9.17, 15) is 10.4 Å². The maximum atomic E-state index is 10.9. The summed E-state index contributed by atoms with van der Waals surface area (Å²) in [5.74, 6) is 0.176. The monoisotopic (exact) mass is 239 g/mol. The van der Waals surface area contributed by atoms with Crippen LogP contribution in [0, 0.1) is 10.4 Å².